The van der Waals surface area contributed by atoms with E-state index in [1.807, 2.05) is 6.92 Å². The molecule has 0 radical (unpaired) electrons. The molecule has 1 aromatic rings. The Morgan fingerprint density at radius 3 is 2.59 bits per heavy atom. The first-order chi connectivity index (χ1) is 13.8. The van der Waals surface area contributed by atoms with E-state index in [9.17, 15) is 22.4 Å². The van der Waals surface area contributed by atoms with E-state index in [1.165, 1.54) is 19.2 Å². The summed E-state index contributed by atoms with van der Waals surface area (Å²) in [6, 6.07) is 4.78. The number of hydrogen-bond acceptors (Lipinski definition) is 5. The molecule has 1 atom stereocenters. The summed E-state index contributed by atoms with van der Waals surface area (Å²) < 4.78 is 44.0. The van der Waals surface area contributed by atoms with Crippen LogP contribution in [0.25, 0.3) is 0 Å². The quantitative estimate of drug-likeness (QED) is 0.565. The molecule has 0 saturated carbocycles. The molecule has 1 fully saturated rings. The molecule has 2 rings (SSSR count). The zero-order chi connectivity index (χ0) is 21.4. The van der Waals surface area contributed by atoms with Gasteiger partial charge in [0.1, 0.15) is 5.82 Å². The minimum atomic E-state index is -3.75. The van der Waals surface area contributed by atoms with Crippen molar-refractivity contribution in [2.75, 3.05) is 26.7 Å². The van der Waals surface area contributed by atoms with Crippen molar-refractivity contribution in [3.8, 4) is 0 Å². The monoisotopic (exact) mass is 428 g/mol. The van der Waals surface area contributed by atoms with E-state index in [0.29, 0.717) is 6.54 Å². The highest BCUT2D eigenvalue weighted by Gasteiger charge is 2.26. The van der Waals surface area contributed by atoms with Crippen LogP contribution in [0.15, 0.2) is 29.2 Å². The molecule has 7 nitrogen and oxygen atoms in total. The number of esters is 1. The Labute approximate surface area is 171 Å². The number of ether oxygens (including phenoxy) is 1. The molecule has 1 heterocycles. The molecular weight excluding hydrogens is 399 g/mol. The molecule has 162 valence electrons. The van der Waals surface area contributed by atoms with Crippen LogP contribution in [0.5, 0.6) is 0 Å². The van der Waals surface area contributed by atoms with Gasteiger partial charge in [-0.3, -0.25) is 9.59 Å². The minimum Gasteiger partial charge on any atom is -0.456 e. The molecule has 1 aliphatic heterocycles. The summed E-state index contributed by atoms with van der Waals surface area (Å²) in [4.78, 5) is 26.0. The second-order valence-corrected chi connectivity index (χ2v) is 9.23. The number of halogens is 1. The predicted molar refractivity (Wildman–Crippen MR) is 106 cm³/mol. The van der Waals surface area contributed by atoms with Crippen LogP contribution in [-0.2, 0) is 24.3 Å². The molecule has 1 saturated heterocycles. The van der Waals surface area contributed by atoms with E-state index < -0.39 is 21.8 Å². The van der Waals surface area contributed by atoms with E-state index in [2.05, 4.69) is 0 Å². The lowest BCUT2D eigenvalue weighted by Crippen LogP contribution is -2.45. The summed E-state index contributed by atoms with van der Waals surface area (Å²) in [5.41, 5.74) is 0. The number of hydrogen-bond donors (Lipinski definition) is 0. The summed E-state index contributed by atoms with van der Waals surface area (Å²) >= 11 is 0. The summed E-state index contributed by atoms with van der Waals surface area (Å²) in [6.07, 6.45) is 4.19. The Kier molecular flexibility index (Phi) is 8.58. The predicted octanol–water partition coefficient (Wildman–Crippen LogP) is 2.56. The Morgan fingerprint density at radius 1 is 1.24 bits per heavy atom. The first-order valence-electron chi connectivity index (χ1n) is 9.92. The maximum Gasteiger partial charge on any atom is 0.306 e. The maximum atomic E-state index is 13.0. The van der Waals surface area contributed by atoms with Gasteiger partial charge in [-0.25, -0.2) is 17.1 Å². The molecule has 0 spiro atoms. The van der Waals surface area contributed by atoms with Gasteiger partial charge in [0.25, 0.3) is 5.91 Å². The number of amides is 1. The van der Waals surface area contributed by atoms with Gasteiger partial charge in [-0.05, 0) is 56.4 Å². The minimum absolute atomic E-state index is 0.00770. The van der Waals surface area contributed by atoms with E-state index in [1.54, 1.807) is 4.90 Å². The van der Waals surface area contributed by atoms with Crippen LogP contribution in [0.4, 0.5) is 4.39 Å². The zero-order valence-corrected chi connectivity index (χ0v) is 17.8. The number of benzene rings is 1. The SMILES string of the molecule is CCC1CCCCN1C(=O)COC(=O)CCCN(C)S(=O)(=O)c1ccc(F)cc1. The van der Waals surface area contributed by atoms with Gasteiger partial charge in [-0.15, -0.1) is 0 Å². The lowest BCUT2D eigenvalue weighted by Gasteiger charge is -2.35. The van der Waals surface area contributed by atoms with Gasteiger partial charge in [0, 0.05) is 32.6 Å². The third kappa shape index (κ3) is 6.50. The van der Waals surface area contributed by atoms with Crippen molar-refractivity contribution >= 4 is 21.9 Å². The van der Waals surface area contributed by atoms with Gasteiger partial charge in [0.15, 0.2) is 6.61 Å². The van der Waals surface area contributed by atoms with Crippen molar-refractivity contribution < 1.29 is 27.1 Å². The number of piperidine rings is 1. The first-order valence-corrected chi connectivity index (χ1v) is 11.4. The van der Waals surface area contributed by atoms with E-state index in [4.69, 9.17) is 4.74 Å². The van der Waals surface area contributed by atoms with Crippen LogP contribution >= 0.6 is 0 Å². The molecule has 1 aromatic carbocycles. The zero-order valence-electron chi connectivity index (χ0n) is 17.0. The molecule has 0 aromatic heterocycles. The van der Waals surface area contributed by atoms with Crippen LogP contribution in [0.3, 0.4) is 0 Å². The number of likely N-dealkylation sites (tertiary alicyclic amines) is 1. The second kappa shape index (κ2) is 10.7. The topological polar surface area (TPSA) is 84.0 Å². The lowest BCUT2D eigenvalue weighted by atomic mass is 10.00. The highest BCUT2D eigenvalue weighted by Crippen LogP contribution is 2.19. The smallest absolute Gasteiger partial charge is 0.306 e. The normalized spacial score (nSPS) is 17.4. The largest absolute Gasteiger partial charge is 0.456 e. The van der Waals surface area contributed by atoms with Gasteiger partial charge in [0.2, 0.25) is 10.0 Å². The van der Waals surface area contributed by atoms with Gasteiger partial charge in [-0.2, -0.15) is 0 Å². The standard InChI is InChI=1S/C20H29FN2O5S/c1-3-17-7-4-5-14-23(17)19(24)15-28-20(25)8-6-13-22(2)29(26,27)18-11-9-16(21)10-12-18/h9-12,17H,3-8,13-15H2,1-2H3. The molecule has 0 aliphatic carbocycles. The lowest BCUT2D eigenvalue weighted by molar-refractivity contribution is -0.153. The Bertz CT molecular complexity index is 798. The third-order valence-corrected chi connectivity index (χ3v) is 7.02. The highest BCUT2D eigenvalue weighted by molar-refractivity contribution is 7.89. The number of sulfonamides is 1. The summed E-state index contributed by atoms with van der Waals surface area (Å²) in [7, 11) is -2.35. The van der Waals surface area contributed by atoms with Crippen LogP contribution in [0.1, 0.15) is 45.4 Å². The van der Waals surface area contributed by atoms with Crippen molar-refractivity contribution in [1.29, 1.82) is 0 Å². The second-order valence-electron chi connectivity index (χ2n) is 7.19. The van der Waals surface area contributed by atoms with Gasteiger partial charge in [-0.1, -0.05) is 6.92 Å². The number of carbonyl (C=O) groups is 2. The van der Waals surface area contributed by atoms with Crippen molar-refractivity contribution in [3.63, 3.8) is 0 Å². The number of rotatable bonds is 9. The molecule has 1 amide bonds. The van der Waals surface area contributed by atoms with Crippen LogP contribution in [0, 0.1) is 5.82 Å². The summed E-state index contributed by atoms with van der Waals surface area (Å²) in [5.74, 6) is -1.23. The van der Waals surface area contributed by atoms with E-state index >= 15 is 0 Å². The Morgan fingerprint density at radius 2 is 1.93 bits per heavy atom. The molecule has 1 aliphatic rings. The summed E-state index contributed by atoms with van der Waals surface area (Å²) in [6.45, 7) is 2.56. The molecule has 9 heteroatoms. The fourth-order valence-corrected chi connectivity index (χ4v) is 4.61. The molecule has 29 heavy (non-hydrogen) atoms. The van der Waals surface area contributed by atoms with E-state index in [-0.39, 0.29) is 42.8 Å². The number of nitrogens with zero attached hydrogens (tertiary/aromatic N) is 2. The first kappa shape index (κ1) is 23.3. The Balaban J connectivity index is 1.74. The fourth-order valence-electron chi connectivity index (χ4n) is 3.40. The number of carbonyl (C=O) groups excluding carboxylic acids is 2. The third-order valence-electron chi connectivity index (χ3n) is 5.15. The van der Waals surface area contributed by atoms with Crippen molar-refractivity contribution in [3.05, 3.63) is 30.1 Å². The molecular formula is C20H29FN2O5S. The average Bonchev–Trinajstić information content (AvgIpc) is 2.72. The summed E-state index contributed by atoms with van der Waals surface area (Å²) in [5, 5.41) is 0. The van der Waals surface area contributed by atoms with Crippen LogP contribution < -0.4 is 0 Å². The van der Waals surface area contributed by atoms with Gasteiger partial charge >= 0.3 is 5.97 Å². The fraction of sp³-hybridized carbons (Fsp3) is 0.600. The van der Waals surface area contributed by atoms with Gasteiger partial charge in [0.05, 0.1) is 4.90 Å². The van der Waals surface area contributed by atoms with Crippen molar-refractivity contribution in [2.24, 2.45) is 0 Å². The van der Waals surface area contributed by atoms with E-state index in [0.717, 1.165) is 42.1 Å². The molecule has 0 N–H and O–H groups in total. The molecule has 0 bridgehead atoms. The maximum absolute atomic E-state index is 13.0. The average molecular weight is 429 g/mol. The van der Waals surface area contributed by atoms with Crippen molar-refractivity contribution in [2.45, 2.75) is 56.4 Å². The van der Waals surface area contributed by atoms with Crippen LogP contribution in [0.2, 0.25) is 0 Å². The Hall–Kier alpha value is -2.00. The van der Waals surface area contributed by atoms with Crippen molar-refractivity contribution in [1.82, 2.24) is 9.21 Å². The highest BCUT2D eigenvalue weighted by atomic mass is 32.2. The van der Waals surface area contributed by atoms with Gasteiger partial charge < -0.3 is 9.64 Å². The molecule has 1 unspecified atom stereocenters. The van der Waals surface area contributed by atoms with Crippen LogP contribution in [-0.4, -0.2) is 62.3 Å².